The minimum Gasteiger partial charge on any atom is -0.495 e. The number of halogens is 1. The summed E-state index contributed by atoms with van der Waals surface area (Å²) < 4.78 is 7.15. The van der Waals surface area contributed by atoms with E-state index in [0.29, 0.717) is 22.2 Å². The molecule has 1 N–H and O–H groups in total. The Hall–Kier alpha value is -3.02. The average molecular weight is 414 g/mol. The highest BCUT2D eigenvalue weighted by molar-refractivity contribution is 8.00. The van der Waals surface area contributed by atoms with Gasteiger partial charge in [-0.05, 0) is 37.3 Å². The number of nitrogens with one attached hydrogen (secondary N) is 1. The summed E-state index contributed by atoms with van der Waals surface area (Å²) in [4.78, 5) is 12.6. The largest absolute Gasteiger partial charge is 0.495 e. The lowest BCUT2D eigenvalue weighted by atomic mass is 10.2. The van der Waals surface area contributed by atoms with Gasteiger partial charge in [-0.2, -0.15) is 5.26 Å². The number of benzene rings is 2. The van der Waals surface area contributed by atoms with E-state index in [9.17, 15) is 4.79 Å². The molecule has 1 unspecified atom stereocenters. The number of hydrogen-bond acceptors (Lipinski definition) is 6. The molecule has 142 valence electrons. The highest BCUT2D eigenvalue weighted by Crippen LogP contribution is 2.29. The van der Waals surface area contributed by atoms with Crippen molar-refractivity contribution in [3.8, 4) is 17.5 Å². The number of thioether (sulfide) groups is 1. The Labute approximate surface area is 171 Å². The Kier molecular flexibility index (Phi) is 6.19. The van der Waals surface area contributed by atoms with Crippen LogP contribution in [0.1, 0.15) is 12.5 Å². The standard InChI is InChI=1S/C19H16ClN5O2S/c1-12(18(26)23-14-8-7-13(10-21)15(20)9-14)28-19-24-22-11-25(19)16-5-3-4-6-17(16)27-2/h3-9,11-12H,1-2H3,(H,23,26). The third-order valence-electron chi connectivity index (χ3n) is 3.87. The summed E-state index contributed by atoms with van der Waals surface area (Å²) >= 11 is 7.28. The molecule has 7 nitrogen and oxygen atoms in total. The van der Waals surface area contributed by atoms with Crippen molar-refractivity contribution in [2.45, 2.75) is 17.3 Å². The Morgan fingerprint density at radius 3 is 2.86 bits per heavy atom. The van der Waals surface area contributed by atoms with Gasteiger partial charge < -0.3 is 10.1 Å². The molecule has 9 heteroatoms. The molecule has 0 saturated carbocycles. The van der Waals surface area contributed by atoms with E-state index in [4.69, 9.17) is 21.6 Å². The number of nitriles is 1. The quantitative estimate of drug-likeness (QED) is 0.615. The number of hydrogen-bond donors (Lipinski definition) is 1. The molecular weight excluding hydrogens is 398 g/mol. The molecule has 2 aromatic carbocycles. The molecule has 0 saturated heterocycles. The maximum Gasteiger partial charge on any atom is 0.237 e. The fourth-order valence-electron chi connectivity index (χ4n) is 2.44. The van der Waals surface area contributed by atoms with Crippen LogP contribution in [0.2, 0.25) is 5.02 Å². The van der Waals surface area contributed by atoms with Gasteiger partial charge in [0.05, 0.1) is 28.6 Å². The zero-order valence-electron chi connectivity index (χ0n) is 15.1. The fraction of sp³-hybridized carbons (Fsp3) is 0.158. The maximum absolute atomic E-state index is 12.6. The normalized spacial score (nSPS) is 11.5. The first-order valence-corrected chi connectivity index (χ1v) is 9.50. The SMILES string of the molecule is COc1ccccc1-n1cnnc1SC(C)C(=O)Nc1ccc(C#N)c(Cl)c1. The number of nitrogens with zero attached hydrogens (tertiary/aromatic N) is 4. The smallest absolute Gasteiger partial charge is 0.237 e. The molecule has 0 aliphatic heterocycles. The van der Waals surface area contributed by atoms with Gasteiger partial charge in [-0.3, -0.25) is 9.36 Å². The molecule has 0 spiro atoms. The average Bonchev–Trinajstić information content (AvgIpc) is 3.15. The van der Waals surface area contributed by atoms with Crippen molar-refractivity contribution in [1.29, 1.82) is 5.26 Å². The summed E-state index contributed by atoms with van der Waals surface area (Å²) in [5.74, 6) is 0.453. The molecule has 1 atom stereocenters. The predicted octanol–water partition coefficient (Wildman–Crippen LogP) is 3.92. The Bertz CT molecular complexity index is 1050. The number of ether oxygens (including phenoxy) is 1. The van der Waals surface area contributed by atoms with Crippen molar-refractivity contribution in [2.75, 3.05) is 12.4 Å². The van der Waals surface area contributed by atoms with Gasteiger partial charge in [0.15, 0.2) is 5.16 Å². The van der Waals surface area contributed by atoms with Crippen molar-refractivity contribution < 1.29 is 9.53 Å². The van der Waals surface area contributed by atoms with E-state index in [1.54, 1.807) is 43.1 Å². The molecule has 3 rings (SSSR count). The third kappa shape index (κ3) is 4.27. The topological polar surface area (TPSA) is 92.8 Å². The number of rotatable bonds is 6. The summed E-state index contributed by atoms with van der Waals surface area (Å²) in [5.41, 5.74) is 1.66. The Balaban J connectivity index is 1.74. The van der Waals surface area contributed by atoms with Crippen LogP contribution in [0.3, 0.4) is 0 Å². The second kappa shape index (κ2) is 8.78. The van der Waals surface area contributed by atoms with Gasteiger partial charge in [0, 0.05) is 5.69 Å². The van der Waals surface area contributed by atoms with E-state index in [2.05, 4.69) is 15.5 Å². The molecule has 0 fully saturated rings. The minimum absolute atomic E-state index is 0.222. The number of carbonyl (C=O) groups excluding carboxylic acids is 1. The van der Waals surface area contributed by atoms with Crippen LogP contribution in [-0.4, -0.2) is 33.0 Å². The second-order valence-electron chi connectivity index (χ2n) is 5.71. The summed E-state index contributed by atoms with van der Waals surface area (Å²) in [6, 6.07) is 14.2. The van der Waals surface area contributed by atoms with E-state index >= 15 is 0 Å². The van der Waals surface area contributed by atoms with Crippen molar-refractivity contribution in [3.05, 3.63) is 59.4 Å². The van der Waals surface area contributed by atoms with Crippen LogP contribution in [-0.2, 0) is 4.79 Å². The van der Waals surface area contributed by atoms with E-state index in [1.165, 1.54) is 11.8 Å². The predicted molar refractivity (Wildman–Crippen MR) is 108 cm³/mol. The summed E-state index contributed by atoms with van der Waals surface area (Å²) in [6.45, 7) is 1.77. The molecule has 3 aromatic rings. The minimum atomic E-state index is -0.452. The van der Waals surface area contributed by atoms with Crippen LogP contribution >= 0.6 is 23.4 Å². The van der Waals surface area contributed by atoms with Crippen LogP contribution in [0.25, 0.3) is 5.69 Å². The monoisotopic (exact) mass is 413 g/mol. The number of amides is 1. The Morgan fingerprint density at radius 1 is 1.36 bits per heavy atom. The van der Waals surface area contributed by atoms with E-state index in [0.717, 1.165) is 5.69 Å². The summed E-state index contributed by atoms with van der Waals surface area (Å²) in [7, 11) is 1.59. The van der Waals surface area contributed by atoms with Crippen LogP contribution < -0.4 is 10.1 Å². The lowest BCUT2D eigenvalue weighted by Crippen LogP contribution is -2.22. The van der Waals surface area contributed by atoms with E-state index < -0.39 is 5.25 Å². The molecule has 0 aliphatic carbocycles. The van der Waals surface area contributed by atoms with Crippen LogP contribution in [0, 0.1) is 11.3 Å². The molecule has 28 heavy (non-hydrogen) atoms. The number of para-hydroxylation sites is 2. The van der Waals surface area contributed by atoms with Crippen molar-refractivity contribution in [2.24, 2.45) is 0 Å². The van der Waals surface area contributed by atoms with Gasteiger partial charge in [-0.25, -0.2) is 0 Å². The molecular formula is C19H16ClN5O2S. The molecule has 1 aromatic heterocycles. The molecule has 1 amide bonds. The maximum atomic E-state index is 12.6. The molecule has 0 bridgehead atoms. The van der Waals surface area contributed by atoms with Gasteiger partial charge in [0.25, 0.3) is 0 Å². The number of aromatic nitrogens is 3. The zero-order valence-corrected chi connectivity index (χ0v) is 16.7. The molecule has 0 radical (unpaired) electrons. The number of methoxy groups -OCH3 is 1. The van der Waals surface area contributed by atoms with E-state index in [1.807, 2.05) is 30.3 Å². The third-order valence-corrected chi connectivity index (χ3v) is 5.24. The highest BCUT2D eigenvalue weighted by Gasteiger charge is 2.20. The van der Waals surface area contributed by atoms with Gasteiger partial charge in [-0.1, -0.05) is 35.5 Å². The summed E-state index contributed by atoms with van der Waals surface area (Å²) in [6.07, 6.45) is 1.57. The first-order chi connectivity index (χ1) is 13.5. The van der Waals surface area contributed by atoms with Crippen LogP contribution in [0.5, 0.6) is 5.75 Å². The first-order valence-electron chi connectivity index (χ1n) is 8.24. The fourth-order valence-corrected chi connectivity index (χ4v) is 3.50. The number of carbonyl (C=O) groups is 1. The first kappa shape index (κ1) is 19.7. The lowest BCUT2D eigenvalue weighted by molar-refractivity contribution is -0.115. The van der Waals surface area contributed by atoms with Crippen molar-refractivity contribution in [1.82, 2.24) is 14.8 Å². The highest BCUT2D eigenvalue weighted by atomic mass is 35.5. The van der Waals surface area contributed by atoms with Crippen LogP contribution in [0.4, 0.5) is 5.69 Å². The van der Waals surface area contributed by atoms with Gasteiger partial charge >= 0.3 is 0 Å². The lowest BCUT2D eigenvalue weighted by Gasteiger charge is -2.14. The Morgan fingerprint density at radius 2 is 2.14 bits per heavy atom. The van der Waals surface area contributed by atoms with Crippen molar-refractivity contribution >= 4 is 35.0 Å². The number of anilines is 1. The van der Waals surface area contributed by atoms with Crippen LogP contribution in [0.15, 0.2) is 53.9 Å². The van der Waals surface area contributed by atoms with Crippen molar-refractivity contribution in [3.63, 3.8) is 0 Å². The second-order valence-corrected chi connectivity index (χ2v) is 7.43. The summed E-state index contributed by atoms with van der Waals surface area (Å²) in [5, 5.41) is 20.2. The van der Waals surface area contributed by atoms with Gasteiger partial charge in [-0.15, -0.1) is 10.2 Å². The molecule has 0 aliphatic rings. The van der Waals surface area contributed by atoms with Gasteiger partial charge in [0.1, 0.15) is 18.1 Å². The van der Waals surface area contributed by atoms with Gasteiger partial charge in [0.2, 0.25) is 5.91 Å². The van der Waals surface area contributed by atoms with E-state index in [-0.39, 0.29) is 10.9 Å². The zero-order chi connectivity index (χ0) is 20.1. The molecule has 1 heterocycles.